The molecule has 1 aromatic heterocycles. The minimum absolute atomic E-state index is 0.473. The van der Waals surface area contributed by atoms with Gasteiger partial charge < -0.3 is 14.3 Å². The van der Waals surface area contributed by atoms with Crippen LogP contribution in [0.3, 0.4) is 0 Å². The largest absolute Gasteiger partial charge is 0.479 e. The smallest absolute Gasteiger partial charge is 0.335 e. The zero-order valence-corrected chi connectivity index (χ0v) is 16.0. The van der Waals surface area contributed by atoms with Crippen molar-refractivity contribution in [2.24, 2.45) is 0 Å². The molecule has 5 nitrogen and oxygen atoms in total. The summed E-state index contributed by atoms with van der Waals surface area (Å²) >= 11 is 0. The van der Waals surface area contributed by atoms with Crippen LogP contribution in [-0.2, 0) is 22.4 Å². The van der Waals surface area contributed by atoms with E-state index in [0.29, 0.717) is 12.5 Å². The molecule has 1 heterocycles. The molecule has 1 aromatic carbocycles. The van der Waals surface area contributed by atoms with Gasteiger partial charge in [-0.1, -0.05) is 31.9 Å². The lowest BCUT2D eigenvalue weighted by Gasteiger charge is -2.19. The van der Waals surface area contributed by atoms with Gasteiger partial charge in [0.1, 0.15) is 6.26 Å². The van der Waals surface area contributed by atoms with E-state index < -0.39 is 11.6 Å². The highest BCUT2D eigenvalue weighted by molar-refractivity contribution is 5.76. The SMILES string of the molecule is CCc1cccc(-c2nc(CCCCCCOC(C)(C)C(=O)O)co2)c1. The fourth-order valence-corrected chi connectivity index (χ4v) is 2.63. The number of hydrogen-bond acceptors (Lipinski definition) is 4. The Labute approximate surface area is 155 Å². The molecule has 0 bridgehead atoms. The van der Waals surface area contributed by atoms with Gasteiger partial charge in [-0.05, 0) is 57.2 Å². The number of oxazole rings is 1. The molecule has 0 saturated heterocycles. The molecule has 142 valence electrons. The van der Waals surface area contributed by atoms with Crippen LogP contribution in [-0.4, -0.2) is 28.3 Å². The zero-order valence-electron chi connectivity index (χ0n) is 16.0. The first-order valence-corrected chi connectivity index (χ1v) is 9.33. The number of unbranched alkanes of at least 4 members (excludes halogenated alkanes) is 3. The van der Waals surface area contributed by atoms with Crippen LogP contribution in [0.4, 0.5) is 0 Å². The molecule has 1 N–H and O–H groups in total. The van der Waals surface area contributed by atoms with E-state index in [0.717, 1.165) is 49.8 Å². The molecule has 26 heavy (non-hydrogen) atoms. The molecule has 0 atom stereocenters. The van der Waals surface area contributed by atoms with Crippen LogP contribution in [0.15, 0.2) is 34.9 Å². The Morgan fingerprint density at radius 3 is 2.73 bits per heavy atom. The molecule has 0 spiro atoms. The predicted octanol–water partition coefficient (Wildman–Crippen LogP) is 4.89. The lowest BCUT2D eigenvalue weighted by molar-refractivity contribution is -0.161. The lowest BCUT2D eigenvalue weighted by Crippen LogP contribution is -2.35. The number of aliphatic carboxylic acids is 1. The Bertz CT molecular complexity index is 706. The van der Waals surface area contributed by atoms with E-state index in [1.807, 2.05) is 12.1 Å². The van der Waals surface area contributed by atoms with Crippen molar-refractivity contribution in [3.8, 4) is 11.5 Å². The highest BCUT2D eigenvalue weighted by Crippen LogP contribution is 2.21. The summed E-state index contributed by atoms with van der Waals surface area (Å²) < 4.78 is 11.0. The van der Waals surface area contributed by atoms with Crippen molar-refractivity contribution in [2.75, 3.05) is 6.61 Å². The summed E-state index contributed by atoms with van der Waals surface area (Å²) in [6.07, 6.45) is 7.59. The molecule has 5 heteroatoms. The van der Waals surface area contributed by atoms with E-state index in [2.05, 4.69) is 24.0 Å². The summed E-state index contributed by atoms with van der Waals surface area (Å²) in [5.41, 5.74) is 2.17. The maximum atomic E-state index is 10.9. The molecule has 0 unspecified atom stereocenters. The van der Waals surface area contributed by atoms with Crippen LogP contribution in [0.1, 0.15) is 57.7 Å². The fraction of sp³-hybridized carbons (Fsp3) is 0.524. The molecule has 0 aliphatic heterocycles. The van der Waals surface area contributed by atoms with Gasteiger partial charge in [0.15, 0.2) is 5.60 Å². The first-order chi connectivity index (χ1) is 12.4. The highest BCUT2D eigenvalue weighted by atomic mass is 16.5. The van der Waals surface area contributed by atoms with Crippen molar-refractivity contribution < 1.29 is 19.1 Å². The maximum absolute atomic E-state index is 10.9. The average molecular weight is 359 g/mol. The number of carboxylic acid groups (broad SMARTS) is 1. The number of benzene rings is 1. The van der Waals surface area contributed by atoms with Crippen LogP contribution in [0.2, 0.25) is 0 Å². The van der Waals surface area contributed by atoms with Crippen molar-refractivity contribution in [1.29, 1.82) is 0 Å². The van der Waals surface area contributed by atoms with E-state index in [1.165, 1.54) is 5.56 Å². The van der Waals surface area contributed by atoms with Gasteiger partial charge in [-0.25, -0.2) is 9.78 Å². The van der Waals surface area contributed by atoms with Crippen molar-refractivity contribution in [1.82, 2.24) is 4.98 Å². The Morgan fingerprint density at radius 1 is 1.23 bits per heavy atom. The highest BCUT2D eigenvalue weighted by Gasteiger charge is 2.27. The number of ether oxygens (including phenoxy) is 1. The summed E-state index contributed by atoms with van der Waals surface area (Å²) in [5, 5.41) is 8.98. The van der Waals surface area contributed by atoms with E-state index in [1.54, 1.807) is 20.1 Å². The molecule has 0 radical (unpaired) electrons. The third-order valence-corrected chi connectivity index (χ3v) is 4.44. The molecule has 0 fully saturated rings. The Kier molecular flexibility index (Phi) is 7.39. The second-order valence-corrected chi connectivity index (χ2v) is 7.03. The Hall–Kier alpha value is -2.14. The van der Waals surface area contributed by atoms with Crippen LogP contribution >= 0.6 is 0 Å². The minimum atomic E-state index is -1.10. The average Bonchev–Trinajstić information content (AvgIpc) is 3.09. The zero-order chi connectivity index (χ0) is 19.0. The number of aryl methyl sites for hydroxylation is 2. The summed E-state index contributed by atoms with van der Waals surface area (Å²) in [4.78, 5) is 15.5. The third-order valence-electron chi connectivity index (χ3n) is 4.44. The minimum Gasteiger partial charge on any atom is -0.479 e. The molecular weight excluding hydrogens is 330 g/mol. The third kappa shape index (κ3) is 5.99. The monoisotopic (exact) mass is 359 g/mol. The molecular formula is C21H29NO4. The van der Waals surface area contributed by atoms with Crippen molar-refractivity contribution in [3.63, 3.8) is 0 Å². The lowest BCUT2D eigenvalue weighted by atomic mass is 10.1. The number of nitrogens with zero attached hydrogens (tertiary/aromatic N) is 1. The summed E-state index contributed by atoms with van der Waals surface area (Å²) in [6, 6.07) is 8.28. The summed E-state index contributed by atoms with van der Waals surface area (Å²) in [6.45, 7) is 5.76. The van der Waals surface area contributed by atoms with Crippen molar-refractivity contribution in [3.05, 3.63) is 41.8 Å². The number of carbonyl (C=O) groups is 1. The number of carboxylic acids is 1. The Morgan fingerprint density at radius 2 is 2.00 bits per heavy atom. The van der Waals surface area contributed by atoms with Gasteiger partial charge in [-0.3, -0.25) is 0 Å². The van der Waals surface area contributed by atoms with Crippen LogP contribution in [0, 0.1) is 0 Å². The van der Waals surface area contributed by atoms with Gasteiger partial charge >= 0.3 is 5.97 Å². The second kappa shape index (κ2) is 9.53. The topological polar surface area (TPSA) is 72.6 Å². The van der Waals surface area contributed by atoms with Gasteiger partial charge in [0.05, 0.1) is 5.69 Å². The van der Waals surface area contributed by atoms with Crippen LogP contribution in [0.25, 0.3) is 11.5 Å². The summed E-state index contributed by atoms with van der Waals surface area (Å²) in [5.74, 6) is -0.247. The standard InChI is InChI=1S/C21H29NO4/c1-4-16-10-9-11-17(14-16)19-22-18(15-25-19)12-7-5-6-8-13-26-21(2,3)20(23)24/h9-11,14-15H,4-8,12-13H2,1-3H3,(H,23,24). The normalized spacial score (nSPS) is 11.7. The first kappa shape index (κ1) is 20.2. The molecule has 0 aliphatic rings. The van der Waals surface area contributed by atoms with Gasteiger partial charge in [-0.15, -0.1) is 0 Å². The van der Waals surface area contributed by atoms with Gasteiger partial charge in [0.2, 0.25) is 5.89 Å². The summed E-state index contributed by atoms with van der Waals surface area (Å²) in [7, 11) is 0. The fourth-order valence-electron chi connectivity index (χ4n) is 2.63. The molecule has 0 amide bonds. The molecule has 2 rings (SSSR count). The van der Waals surface area contributed by atoms with E-state index in [-0.39, 0.29) is 0 Å². The van der Waals surface area contributed by atoms with Crippen molar-refractivity contribution >= 4 is 5.97 Å². The predicted molar refractivity (Wildman–Crippen MR) is 101 cm³/mol. The van der Waals surface area contributed by atoms with Crippen LogP contribution in [0.5, 0.6) is 0 Å². The van der Waals surface area contributed by atoms with E-state index >= 15 is 0 Å². The van der Waals surface area contributed by atoms with Gasteiger partial charge in [0.25, 0.3) is 0 Å². The second-order valence-electron chi connectivity index (χ2n) is 7.03. The molecule has 2 aromatic rings. The van der Waals surface area contributed by atoms with Crippen molar-refractivity contribution in [2.45, 2.75) is 64.9 Å². The van der Waals surface area contributed by atoms with E-state index in [9.17, 15) is 4.79 Å². The molecule has 0 aliphatic carbocycles. The molecule has 0 saturated carbocycles. The van der Waals surface area contributed by atoms with Gasteiger partial charge in [-0.2, -0.15) is 0 Å². The number of hydrogen-bond donors (Lipinski definition) is 1. The number of aromatic nitrogens is 1. The van der Waals surface area contributed by atoms with Gasteiger partial charge in [0, 0.05) is 12.2 Å². The van der Waals surface area contributed by atoms with Crippen LogP contribution < -0.4 is 0 Å². The Balaban J connectivity index is 1.68. The first-order valence-electron chi connectivity index (χ1n) is 9.33. The number of rotatable bonds is 11. The quantitative estimate of drug-likeness (QED) is 0.579. The maximum Gasteiger partial charge on any atom is 0.335 e. The van der Waals surface area contributed by atoms with E-state index in [4.69, 9.17) is 14.3 Å².